The quantitative estimate of drug-likeness (QED) is 0.315. The number of hydrogen-bond acceptors (Lipinski definition) is 6. The summed E-state index contributed by atoms with van der Waals surface area (Å²) in [7, 11) is 1.42. The van der Waals surface area contributed by atoms with E-state index in [4.69, 9.17) is 9.47 Å². The lowest BCUT2D eigenvalue weighted by atomic mass is 9.85. The highest BCUT2D eigenvalue weighted by atomic mass is 16.6. The van der Waals surface area contributed by atoms with Gasteiger partial charge in [-0.05, 0) is 18.9 Å². The molecule has 132 valence electrons. The zero-order valence-electron chi connectivity index (χ0n) is 14.2. The summed E-state index contributed by atoms with van der Waals surface area (Å²) in [5.74, 6) is -1.17. The molecule has 0 saturated carbocycles. The average Bonchev–Trinajstić information content (AvgIpc) is 2.99. The summed E-state index contributed by atoms with van der Waals surface area (Å²) in [5, 5.41) is 33.2. The lowest BCUT2D eigenvalue weighted by Gasteiger charge is -2.40. The van der Waals surface area contributed by atoms with E-state index in [0.29, 0.717) is 18.5 Å². The molecule has 0 spiro atoms. The fourth-order valence-electron chi connectivity index (χ4n) is 3.57. The molecular weight excluding hydrogens is 302 g/mol. The van der Waals surface area contributed by atoms with E-state index in [1.807, 2.05) is 0 Å². The van der Waals surface area contributed by atoms with Crippen LogP contribution in [0.25, 0.3) is 0 Å². The van der Waals surface area contributed by atoms with Gasteiger partial charge < -0.3 is 29.5 Å². The Bertz CT molecular complexity index is 493. The molecule has 23 heavy (non-hydrogen) atoms. The van der Waals surface area contributed by atoms with Crippen LogP contribution in [0.4, 0.5) is 0 Å². The first-order valence-electron chi connectivity index (χ1n) is 8.04. The molecule has 2 aliphatic heterocycles. The van der Waals surface area contributed by atoms with Gasteiger partial charge in [-0.1, -0.05) is 13.8 Å². The molecule has 7 heteroatoms. The van der Waals surface area contributed by atoms with Crippen molar-refractivity contribution in [3.63, 3.8) is 0 Å². The van der Waals surface area contributed by atoms with Crippen LogP contribution in [0.2, 0.25) is 0 Å². The molecule has 2 heterocycles. The van der Waals surface area contributed by atoms with E-state index in [9.17, 15) is 20.2 Å². The first-order chi connectivity index (χ1) is 10.7. The molecule has 3 unspecified atom stereocenters. The molecule has 0 aliphatic carbocycles. The summed E-state index contributed by atoms with van der Waals surface area (Å²) in [6.07, 6.45) is 0.762. The number of carbonyl (C=O) groups excluding carboxylic acids is 1. The smallest absolute Gasteiger partial charge is 0.341 e. The van der Waals surface area contributed by atoms with E-state index < -0.39 is 40.4 Å². The van der Waals surface area contributed by atoms with Gasteiger partial charge in [0.05, 0.1) is 19.2 Å². The van der Waals surface area contributed by atoms with E-state index in [-0.39, 0.29) is 13.2 Å². The monoisotopic (exact) mass is 329 g/mol. The van der Waals surface area contributed by atoms with Crippen LogP contribution in [-0.4, -0.2) is 71.5 Å². The summed E-state index contributed by atoms with van der Waals surface area (Å²) in [4.78, 5) is 12.4. The fraction of sp³-hybridized carbons (Fsp3) is 0.812. The second-order valence-electron chi connectivity index (χ2n) is 6.87. The largest absolute Gasteiger partial charge is 0.632 e. The van der Waals surface area contributed by atoms with Gasteiger partial charge in [0.2, 0.25) is 0 Å². The Morgan fingerprint density at radius 1 is 1.52 bits per heavy atom. The number of nitrogens with zero attached hydrogens (tertiary/aromatic N) is 1. The van der Waals surface area contributed by atoms with Crippen molar-refractivity contribution < 1.29 is 29.1 Å². The number of aliphatic hydroxyl groups excluding tert-OH is 1. The average molecular weight is 329 g/mol. The molecule has 0 amide bonds. The van der Waals surface area contributed by atoms with Gasteiger partial charge in [-0.2, -0.15) is 0 Å². The summed E-state index contributed by atoms with van der Waals surface area (Å²) in [6.45, 7) is 5.61. The van der Waals surface area contributed by atoms with Crippen LogP contribution < -0.4 is 0 Å². The van der Waals surface area contributed by atoms with Gasteiger partial charge >= 0.3 is 5.97 Å². The van der Waals surface area contributed by atoms with E-state index in [1.54, 1.807) is 26.8 Å². The van der Waals surface area contributed by atoms with Crippen molar-refractivity contribution >= 4 is 5.97 Å². The first-order valence-corrected chi connectivity index (χ1v) is 8.04. The van der Waals surface area contributed by atoms with E-state index in [2.05, 4.69) is 0 Å². The molecule has 1 fully saturated rings. The van der Waals surface area contributed by atoms with Gasteiger partial charge in [-0.15, -0.1) is 0 Å². The van der Waals surface area contributed by atoms with Crippen molar-refractivity contribution in [1.29, 1.82) is 0 Å². The van der Waals surface area contributed by atoms with Crippen molar-refractivity contribution in [3.05, 3.63) is 16.9 Å². The Labute approximate surface area is 136 Å². The van der Waals surface area contributed by atoms with E-state index >= 15 is 0 Å². The molecule has 1 saturated heterocycles. The van der Waals surface area contributed by atoms with Gasteiger partial charge in [0, 0.05) is 19.1 Å². The number of aliphatic hydroxyl groups is 2. The van der Waals surface area contributed by atoms with Crippen LogP contribution in [0.3, 0.4) is 0 Å². The fourth-order valence-corrected chi connectivity index (χ4v) is 3.57. The molecule has 0 aromatic rings. The number of hydroxylamine groups is 3. The Hall–Kier alpha value is -0.990. The number of rotatable bonds is 6. The standard InChI is InChI=1S/C16H27NO6/c1-10(2)16(20,11(3)22-4)15(19)23-9-12-5-7-17(21)8-6-13(18)14(12)17/h5,10-11,13-14,18,20H,6-9H2,1-4H3/t11?,13-,14-,16?,17?/m0/s1. The van der Waals surface area contributed by atoms with Gasteiger partial charge in [0.15, 0.2) is 5.60 Å². The Morgan fingerprint density at radius 3 is 2.74 bits per heavy atom. The van der Waals surface area contributed by atoms with Crippen LogP contribution >= 0.6 is 0 Å². The second-order valence-corrected chi connectivity index (χ2v) is 6.87. The highest BCUT2D eigenvalue weighted by Gasteiger charge is 2.49. The molecule has 5 atom stereocenters. The molecule has 2 N–H and O–H groups in total. The highest BCUT2D eigenvalue weighted by molar-refractivity contribution is 5.80. The SMILES string of the molecule is COC(C)C(O)(C(=O)OCC1=CC[N+]2([O-])CC[C@H](O)[C@H]12)C(C)C. The van der Waals surface area contributed by atoms with Crippen molar-refractivity contribution in [2.75, 3.05) is 26.8 Å². The molecule has 0 aromatic carbocycles. The number of ether oxygens (including phenoxy) is 2. The predicted octanol–water partition coefficient (Wildman–Crippen LogP) is 0.339. The minimum absolute atomic E-state index is 0.0890. The molecule has 2 rings (SSSR count). The number of hydrogen-bond donors (Lipinski definition) is 2. The molecule has 0 aromatic heterocycles. The molecule has 0 radical (unpaired) electrons. The van der Waals surface area contributed by atoms with E-state index in [0.717, 1.165) is 0 Å². The number of methoxy groups -OCH3 is 1. The van der Waals surface area contributed by atoms with Gasteiger partial charge in [-0.25, -0.2) is 4.79 Å². The van der Waals surface area contributed by atoms with Crippen LogP contribution in [0.5, 0.6) is 0 Å². The molecular formula is C16H27NO6. The Kier molecular flexibility index (Phi) is 5.18. The lowest BCUT2D eigenvalue weighted by molar-refractivity contribution is -0.877. The number of fused-ring (bicyclic) bond motifs is 1. The summed E-state index contributed by atoms with van der Waals surface area (Å²) < 4.78 is 9.92. The van der Waals surface area contributed by atoms with Crippen LogP contribution in [0.15, 0.2) is 11.6 Å². The van der Waals surface area contributed by atoms with Gasteiger partial charge in [0.1, 0.15) is 18.8 Å². The second kappa shape index (κ2) is 6.49. The summed E-state index contributed by atoms with van der Waals surface area (Å²) >= 11 is 0. The maximum absolute atomic E-state index is 12.5. The molecule has 2 aliphatic rings. The zero-order valence-corrected chi connectivity index (χ0v) is 14.2. The van der Waals surface area contributed by atoms with Gasteiger partial charge in [-0.3, -0.25) is 0 Å². The minimum atomic E-state index is -1.76. The summed E-state index contributed by atoms with van der Waals surface area (Å²) in [6, 6.07) is -0.560. The third kappa shape index (κ3) is 3.04. The summed E-state index contributed by atoms with van der Waals surface area (Å²) in [5.41, 5.74) is -1.12. The van der Waals surface area contributed by atoms with Crippen LogP contribution in [-0.2, 0) is 14.3 Å². The van der Waals surface area contributed by atoms with Crippen molar-refractivity contribution in [1.82, 2.24) is 0 Å². The van der Waals surface area contributed by atoms with Crippen molar-refractivity contribution in [3.8, 4) is 0 Å². The van der Waals surface area contributed by atoms with Crippen LogP contribution in [0.1, 0.15) is 27.2 Å². The number of quaternary nitrogens is 1. The third-order valence-electron chi connectivity index (χ3n) is 5.27. The zero-order chi connectivity index (χ0) is 17.4. The maximum atomic E-state index is 12.5. The predicted molar refractivity (Wildman–Crippen MR) is 83.1 cm³/mol. The number of esters is 1. The normalized spacial score (nSPS) is 34.0. The third-order valence-corrected chi connectivity index (χ3v) is 5.27. The van der Waals surface area contributed by atoms with E-state index in [1.165, 1.54) is 7.11 Å². The van der Waals surface area contributed by atoms with Gasteiger partial charge in [0.25, 0.3) is 0 Å². The first kappa shape index (κ1) is 18.4. The Morgan fingerprint density at radius 2 is 2.17 bits per heavy atom. The van der Waals surface area contributed by atoms with Crippen molar-refractivity contribution in [2.45, 2.75) is 51.0 Å². The lowest BCUT2D eigenvalue weighted by Crippen LogP contribution is -2.54. The number of carbonyl (C=O) groups is 1. The van der Waals surface area contributed by atoms with Crippen molar-refractivity contribution in [2.24, 2.45) is 5.92 Å². The van der Waals surface area contributed by atoms with Crippen LogP contribution in [0, 0.1) is 11.1 Å². The topological polar surface area (TPSA) is 99.1 Å². The highest BCUT2D eigenvalue weighted by Crippen LogP contribution is 2.36. The Balaban J connectivity index is 2.04. The molecule has 7 nitrogen and oxygen atoms in total. The maximum Gasteiger partial charge on any atom is 0.341 e. The molecule has 0 bridgehead atoms. The minimum Gasteiger partial charge on any atom is -0.632 e.